The minimum absolute atomic E-state index is 0.0224. The van der Waals surface area contributed by atoms with E-state index in [1.54, 1.807) is 0 Å². The number of amides is 1. The predicted octanol–water partition coefficient (Wildman–Crippen LogP) is 2.89. The van der Waals surface area contributed by atoms with Gasteiger partial charge in [-0.25, -0.2) is 4.79 Å². The second-order valence-electron chi connectivity index (χ2n) is 4.97. The molecule has 1 aromatic carbocycles. The Bertz CT molecular complexity index is 573. The Morgan fingerprint density at radius 1 is 1.36 bits per heavy atom. The maximum absolute atomic E-state index is 12.9. The van der Waals surface area contributed by atoms with Gasteiger partial charge in [0.1, 0.15) is 6.10 Å². The number of hydrogen-bond donors (Lipinski definition) is 1. The number of alkyl halides is 3. The van der Waals surface area contributed by atoms with E-state index >= 15 is 0 Å². The molecule has 1 heterocycles. The first kappa shape index (κ1) is 16.1. The van der Waals surface area contributed by atoms with Gasteiger partial charge in [0, 0.05) is 13.0 Å². The van der Waals surface area contributed by atoms with Gasteiger partial charge in [-0.15, -0.1) is 0 Å². The third-order valence-electron chi connectivity index (χ3n) is 3.31. The van der Waals surface area contributed by atoms with Gasteiger partial charge in [-0.3, -0.25) is 4.79 Å². The van der Waals surface area contributed by atoms with E-state index in [1.807, 2.05) is 0 Å². The van der Waals surface area contributed by atoms with Crippen LogP contribution in [-0.4, -0.2) is 34.7 Å². The number of hydrogen-bond acceptors (Lipinski definition) is 3. The van der Waals surface area contributed by atoms with Crippen molar-refractivity contribution in [3.8, 4) is 0 Å². The molecule has 0 aromatic heterocycles. The first-order valence-electron chi connectivity index (χ1n) is 6.60. The molecule has 5 nitrogen and oxygen atoms in total. The lowest BCUT2D eigenvalue weighted by molar-refractivity contribution is -0.139. The lowest BCUT2D eigenvalue weighted by atomic mass is 10.1. The summed E-state index contributed by atoms with van der Waals surface area (Å²) in [6.07, 6.45) is -5.86. The fourth-order valence-electron chi connectivity index (χ4n) is 2.28. The number of carbonyl (C=O) groups is 2. The fraction of sp³-hybridized carbons (Fsp3) is 0.429. The minimum Gasteiger partial charge on any atom is -0.481 e. The zero-order chi connectivity index (χ0) is 16.3. The molecule has 2 rings (SSSR count). The number of halogens is 3. The zero-order valence-electron chi connectivity index (χ0n) is 11.5. The van der Waals surface area contributed by atoms with Gasteiger partial charge in [-0.1, -0.05) is 18.2 Å². The van der Waals surface area contributed by atoms with Crippen molar-refractivity contribution in [3.63, 3.8) is 0 Å². The third-order valence-corrected chi connectivity index (χ3v) is 3.31. The molecule has 1 aromatic rings. The number of carbonyl (C=O) groups excluding carboxylic acids is 1. The van der Waals surface area contributed by atoms with Crippen LogP contribution in [0.15, 0.2) is 24.3 Å². The maximum atomic E-state index is 12.9. The van der Waals surface area contributed by atoms with Crippen LogP contribution in [0.3, 0.4) is 0 Å². The van der Waals surface area contributed by atoms with Crippen LogP contribution in [0.4, 0.5) is 18.0 Å². The first-order valence-corrected chi connectivity index (χ1v) is 6.60. The number of cyclic esters (lactones) is 1. The van der Waals surface area contributed by atoms with Gasteiger partial charge in [-0.05, 0) is 18.1 Å². The van der Waals surface area contributed by atoms with Gasteiger partial charge >= 0.3 is 18.2 Å². The second-order valence-corrected chi connectivity index (χ2v) is 4.97. The van der Waals surface area contributed by atoms with E-state index in [2.05, 4.69) is 0 Å². The van der Waals surface area contributed by atoms with Crippen LogP contribution in [0.1, 0.15) is 24.0 Å². The van der Waals surface area contributed by atoms with Crippen LogP contribution in [0, 0.1) is 0 Å². The Morgan fingerprint density at radius 2 is 2.05 bits per heavy atom. The summed E-state index contributed by atoms with van der Waals surface area (Å²) in [7, 11) is 0. The van der Waals surface area contributed by atoms with E-state index in [1.165, 1.54) is 18.2 Å². The number of aliphatic carboxylic acids is 1. The molecule has 0 spiro atoms. The van der Waals surface area contributed by atoms with Crippen LogP contribution in [0.2, 0.25) is 0 Å². The Hall–Kier alpha value is -2.25. The lowest BCUT2D eigenvalue weighted by Crippen LogP contribution is -2.26. The van der Waals surface area contributed by atoms with Crippen molar-refractivity contribution in [1.29, 1.82) is 0 Å². The van der Waals surface area contributed by atoms with Gasteiger partial charge in [0.2, 0.25) is 0 Å². The molecule has 8 heteroatoms. The van der Waals surface area contributed by atoms with Crippen molar-refractivity contribution >= 4 is 12.1 Å². The van der Waals surface area contributed by atoms with Crippen LogP contribution in [0.5, 0.6) is 0 Å². The first-order chi connectivity index (χ1) is 10.3. The summed E-state index contributed by atoms with van der Waals surface area (Å²) in [4.78, 5) is 23.3. The third kappa shape index (κ3) is 3.90. The average molecular weight is 317 g/mol. The molecule has 1 aliphatic rings. The molecule has 0 bridgehead atoms. The standard InChI is InChI=1S/C14H14F3NO4/c15-14(16,17)11-4-2-1-3-9(11)7-18-8-10(22-13(18)21)5-6-12(19)20/h1-4,10H,5-8H2,(H,19,20). The normalized spacial score (nSPS) is 18.4. The maximum Gasteiger partial charge on any atom is 0.416 e. The van der Waals surface area contributed by atoms with Crippen molar-refractivity contribution in [2.75, 3.05) is 6.54 Å². The van der Waals surface area contributed by atoms with E-state index in [0.717, 1.165) is 11.0 Å². The highest BCUT2D eigenvalue weighted by Gasteiger charge is 2.36. The van der Waals surface area contributed by atoms with Gasteiger partial charge in [0.25, 0.3) is 0 Å². The SMILES string of the molecule is O=C(O)CCC1CN(Cc2ccccc2C(F)(F)F)C(=O)O1. The molecule has 1 N–H and O–H groups in total. The highest BCUT2D eigenvalue weighted by Crippen LogP contribution is 2.33. The summed E-state index contributed by atoms with van der Waals surface area (Å²) in [5.74, 6) is -1.02. The quantitative estimate of drug-likeness (QED) is 0.907. The van der Waals surface area contributed by atoms with E-state index in [9.17, 15) is 22.8 Å². The molecule has 1 aliphatic heterocycles. The summed E-state index contributed by atoms with van der Waals surface area (Å²) in [5, 5.41) is 8.59. The van der Waals surface area contributed by atoms with Crippen molar-refractivity contribution in [3.05, 3.63) is 35.4 Å². The van der Waals surface area contributed by atoms with Crippen molar-refractivity contribution in [2.24, 2.45) is 0 Å². The van der Waals surface area contributed by atoms with Gasteiger partial charge in [0.05, 0.1) is 12.1 Å². The van der Waals surface area contributed by atoms with E-state index < -0.39 is 29.9 Å². The summed E-state index contributed by atoms with van der Waals surface area (Å²) in [6.45, 7) is -0.142. The van der Waals surface area contributed by atoms with E-state index in [-0.39, 0.29) is 31.5 Å². The molecule has 120 valence electrons. The largest absolute Gasteiger partial charge is 0.481 e. The predicted molar refractivity (Wildman–Crippen MR) is 69.0 cm³/mol. The second kappa shape index (κ2) is 6.25. The van der Waals surface area contributed by atoms with E-state index in [4.69, 9.17) is 9.84 Å². The number of benzene rings is 1. The highest BCUT2D eigenvalue weighted by atomic mass is 19.4. The van der Waals surface area contributed by atoms with Crippen LogP contribution >= 0.6 is 0 Å². The monoisotopic (exact) mass is 317 g/mol. The molecule has 1 saturated heterocycles. The smallest absolute Gasteiger partial charge is 0.416 e. The molecule has 0 radical (unpaired) electrons. The molecule has 1 fully saturated rings. The summed E-state index contributed by atoms with van der Waals surface area (Å²) in [6, 6.07) is 5.01. The summed E-state index contributed by atoms with van der Waals surface area (Å²) in [5.41, 5.74) is -0.817. The molecular formula is C14H14F3NO4. The van der Waals surface area contributed by atoms with Gasteiger partial charge in [-0.2, -0.15) is 13.2 Å². The topological polar surface area (TPSA) is 66.8 Å². The Labute approximate surface area is 124 Å². The lowest BCUT2D eigenvalue weighted by Gasteiger charge is -2.17. The molecular weight excluding hydrogens is 303 g/mol. The number of rotatable bonds is 5. The Morgan fingerprint density at radius 3 is 2.68 bits per heavy atom. The van der Waals surface area contributed by atoms with Crippen LogP contribution in [0.25, 0.3) is 0 Å². The van der Waals surface area contributed by atoms with Crippen molar-refractivity contribution in [1.82, 2.24) is 4.90 Å². The van der Waals surface area contributed by atoms with Crippen LogP contribution < -0.4 is 0 Å². The molecule has 0 saturated carbocycles. The number of nitrogens with zero attached hydrogens (tertiary/aromatic N) is 1. The Kier molecular flexibility index (Phi) is 4.58. The fourth-order valence-corrected chi connectivity index (χ4v) is 2.28. The summed E-state index contributed by atoms with van der Waals surface area (Å²) < 4.78 is 43.7. The number of ether oxygens (including phenoxy) is 1. The van der Waals surface area contributed by atoms with Crippen molar-refractivity contribution < 1.29 is 32.6 Å². The molecule has 1 atom stereocenters. The molecule has 1 amide bonds. The molecule has 0 aliphatic carbocycles. The molecule has 1 unspecified atom stereocenters. The van der Waals surface area contributed by atoms with Crippen molar-refractivity contribution in [2.45, 2.75) is 31.7 Å². The molecule has 22 heavy (non-hydrogen) atoms. The number of carboxylic acid groups (broad SMARTS) is 1. The van der Waals surface area contributed by atoms with Gasteiger partial charge in [0.15, 0.2) is 0 Å². The Balaban J connectivity index is 2.06. The summed E-state index contributed by atoms with van der Waals surface area (Å²) >= 11 is 0. The minimum atomic E-state index is -4.50. The van der Waals surface area contributed by atoms with Crippen LogP contribution in [-0.2, 0) is 22.3 Å². The zero-order valence-corrected chi connectivity index (χ0v) is 11.5. The van der Waals surface area contributed by atoms with E-state index in [0.29, 0.717) is 0 Å². The number of carboxylic acids is 1. The average Bonchev–Trinajstić information content (AvgIpc) is 2.76. The van der Waals surface area contributed by atoms with Gasteiger partial charge < -0.3 is 14.7 Å². The highest BCUT2D eigenvalue weighted by molar-refractivity contribution is 5.70.